The number of nitrogens with zero attached hydrogens (tertiary/aromatic N) is 1. The summed E-state index contributed by atoms with van der Waals surface area (Å²) in [5.41, 5.74) is 0. The number of aliphatic hydroxyl groups is 1. The molecule has 0 aromatic carbocycles. The SMILES string of the molecule is O=C(O)CCN(CCO)C(=O)C1CCCCC1. The molecule has 0 atom stereocenters. The predicted molar refractivity (Wildman–Crippen MR) is 62.5 cm³/mol. The van der Waals surface area contributed by atoms with Gasteiger partial charge >= 0.3 is 5.97 Å². The molecular formula is C12H21NO4. The molecule has 0 aromatic heterocycles. The van der Waals surface area contributed by atoms with Gasteiger partial charge in [-0.15, -0.1) is 0 Å². The highest BCUT2D eigenvalue weighted by molar-refractivity contribution is 5.79. The molecule has 1 amide bonds. The van der Waals surface area contributed by atoms with Crippen LogP contribution in [0.15, 0.2) is 0 Å². The van der Waals surface area contributed by atoms with Gasteiger partial charge in [0.15, 0.2) is 0 Å². The van der Waals surface area contributed by atoms with E-state index in [1.165, 1.54) is 11.3 Å². The van der Waals surface area contributed by atoms with Crippen LogP contribution in [-0.2, 0) is 9.59 Å². The van der Waals surface area contributed by atoms with Crippen molar-refractivity contribution in [3.05, 3.63) is 0 Å². The zero-order chi connectivity index (χ0) is 12.7. The van der Waals surface area contributed by atoms with Gasteiger partial charge in [-0.1, -0.05) is 19.3 Å². The Balaban J connectivity index is 2.48. The average Bonchev–Trinajstić information content (AvgIpc) is 2.34. The summed E-state index contributed by atoms with van der Waals surface area (Å²) in [4.78, 5) is 24.1. The van der Waals surface area contributed by atoms with Gasteiger partial charge in [0.05, 0.1) is 13.0 Å². The van der Waals surface area contributed by atoms with E-state index in [2.05, 4.69) is 0 Å². The first-order valence-corrected chi connectivity index (χ1v) is 6.26. The molecule has 1 fully saturated rings. The summed E-state index contributed by atoms with van der Waals surface area (Å²) in [7, 11) is 0. The van der Waals surface area contributed by atoms with E-state index in [9.17, 15) is 9.59 Å². The van der Waals surface area contributed by atoms with Crippen LogP contribution < -0.4 is 0 Å². The van der Waals surface area contributed by atoms with Crippen LogP contribution in [0.5, 0.6) is 0 Å². The monoisotopic (exact) mass is 243 g/mol. The molecule has 1 saturated carbocycles. The number of carbonyl (C=O) groups is 2. The second kappa shape index (κ2) is 7.27. The van der Waals surface area contributed by atoms with Gasteiger partial charge in [-0.2, -0.15) is 0 Å². The zero-order valence-corrected chi connectivity index (χ0v) is 10.1. The van der Waals surface area contributed by atoms with E-state index in [1.54, 1.807) is 0 Å². The summed E-state index contributed by atoms with van der Waals surface area (Å²) in [6, 6.07) is 0. The Morgan fingerprint density at radius 1 is 1.12 bits per heavy atom. The fourth-order valence-electron chi connectivity index (χ4n) is 2.29. The normalized spacial score (nSPS) is 16.8. The molecule has 0 spiro atoms. The van der Waals surface area contributed by atoms with Gasteiger partial charge in [0.2, 0.25) is 5.91 Å². The fraction of sp³-hybridized carbons (Fsp3) is 0.833. The molecule has 17 heavy (non-hydrogen) atoms. The third-order valence-corrected chi connectivity index (χ3v) is 3.23. The van der Waals surface area contributed by atoms with Crippen molar-refractivity contribution in [1.82, 2.24) is 4.90 Å². The van der Waals surface area contributed by atoms with Gasteiger partial charge in [0, 0.05) is 19.0 Å². The van der Waals surface area contributed by atoms with Crippen LogP contribution in [0, 0.1) is 5.92 Å². The number of aliphatic carboxylic acids is 1. The molecule has 1 aliphatic carbocycles. The summed E-state index contributed by atoms with van der Waals surface area (Å²) in [6.45, 7) is 0.325. The molecule has 5 nitrogen and oxygen atoms in total. The number of carboxylic acids is 1. The van der Waals surface area contributed by atoms with Crippen LogP contribution in [0.3, 0.4) is 0 Å². The quantitative estimate of drug-likeness (QED) is 0.725. The lowest BCUT2D eigenvalue weighted by Crippen LogP contribution is -2.40. The van der Waals surface area contributed by atoms with E-state index in [1.807, 2.05) is 0 Å². The maximum Gasteiger partial charge on any atom is 0.305 e. The molecule has 1 aliphatic rings. The lowest BCUT2D eigenvalue weighted by Gasteiger charge is -2.28. The number of rotatable bonds is 6. The maximum atomic E-state index is 12.1. The summed E-state index contributed by atoms with van der Waals surface area (Å²) >= 11 is 0. The van der Waals surface area contributed by atoms with Crippen LogP contribution in [-0.4, -0.2) is 46.7 Å². The van der Waals surface area contributed by atoms with Crippen LogP contribution in [0.25, 0.3) is 0 Å². The highest BCUT2D eigenvalue weighted by Gasteiger charge is 2.25. The van der Waals surface area contributed by atoms with E-state index < -0.39 is 5.97 Å². The molecular weight excluding hydrogens is 222 g/mol. The lowest BCUT2D eigenvalue weighted by atomic mass is 9.88. The standard InChI is InChI=1S/C12H21NO4/c14-9-8-13(7-6-11(15)16)12(17)10-4-2-1-3-5-10/h10,14H,1-9H2,(H,15,16). The Labute approximate surface area is 101 Å². The molecule has 0 heterocycles. The molecule has 0 bridgehead atoms. The number of hydrogen-bond donors (Lipinski definition) is 2. The van der Waals surface area contributed by atoms with Crippen LogP contribution in [0.2, 0.25) is 0 Å². The predicted octanol–water partition coefficient (Wildman–Crippen LogP) is 0.862. The minimum absolute atomic E-state index is 0.0139. The Hall–Kier alpha value is -1.10. The van der Waals surface area contributed by atoms with Gasteiger partial charge in [-0.05, 0) is 12.8 Å². The lowest BCUT2D eigenvalue weighted by molar-refractivity contribution is -0.140. The van der Waals surface area contributed by atoms with Crippen molar-refractivity contribution in [1.29, 1.82) is 0 Å². The molecule has 1 rings (SSSR count). The highest BCUT2D eigenvalue weighted by atomic mass is 16.4. The minimum atomic E-state index is -0.913. The van der Waals surface area contributed by atoms with E-state index in [4.69, 9.17) is 10.2 Å². The number of aliphatic hydroxyl groups excluding tert-OH is 1. The zero-order valence-electron chi connectivity index (χ0n) is 10.1. The van der Waals surface area contributed by atoms with Crippen molar-refractivity contribution in [2.45, 2.75) is 38.5 Å². The Bertz CT molecular complexity index is 261. The summed E-state index contributed by atoms with van der Waals surface area (Å²) in [5.74, 6) is -0.867. The largest absolute Gasteiger partial charge is 0.481 e. The number of amides is 1. The number of hydrogen-bond acceptors (Lipinski definition) is 3. The van der Waals surface area contributed by atoms with E-state index in [0.29, 0.717) is 0 Å². The molecule has 0 radical (unpaired) electrons. The first-order chi connectivity index (χ1) is 8.15. The number of carboxylic acid groups (broad SMARTS) is 1. The molecule has 0 saturated heterocycles. The summed E-state index contributed by atoms with van der Waals surface area (Å²) in [6.07, 6.45) is 5.06. The van der Waals surface area contributed by atoms with Crippen LogP contribution in [0.1, 0.15) is 38.5 Å². The van der Waals surface area contributed by atoms with Crippen molar-refractivity contribution < 1.29 is 19.8 Å². The Morgan fingerprint density at radius 2 is 1.76 bits per heavy atom. The third kappa shape index (κ3) is 4.73. The second-order valence-corrected chi connectivity index (χ2v) is 4.53. The minimum Gasteiger partial charge on any atom is -0.481 e. The topological polar surface area (TPSA) is 77.8 Å². The Kier molecular flexibility index (Phi) is 5.97. The summed E-state index contributed by atoms with van der Waals surface area (Å²) < 4.78 is 0. The van der Waals surface area contributed by atoms with Gasteiger partial charge in [-0.3, -0.25) is 9.59 Å². The van der Waals surface area contributed by atoms with Crippen LogP contribution >= 0.6 is 0 Å². The molecule has 5 heteroatoms. The second-order valence-electron chi connectivity index (χ2n) is 4.53. The van der Waals surface area contributed by atoms with Gasteiger partial charge in [0.1, 0.15) is 0 Å². The number of carbonyl (C=O) groups excluding carboxylic acids is 1. The van der Waals surface area contributed by atoms with E-state index in [-0.39, 0.29) is 37.9 Å². The van der Waals surface area contributed by atoms with Crippen molar-refractivity contribution in [2.75, 3.05) is 19.7 Å². The van der Waals surface area contributed by atoms with Gasteiger partial charge in [0.25, 0.3) is 0 Å². The van der Waals surface area contributed by atoms with Crippen molar-refractivity contribution >= 4 is 11.9 Å². The molecule has 98 valence electrons. The van der Waals surface area contributed by atoms with Crippen molar-refractivity contribution in [3.63, 3.8) is 0 Å². The van der Waals surface area contributed by atoms with Gasteiger partial charge in [-0.25, -0.2) is 0 Å². The molecule has 0 aliphatic heterocycles. The van der Waals surface area contributed by atoms with E-state index >= 15 is 0 Å². The van der Waals surface area contributed by atoms with Crippen molar-refractivity contribution in [2.24, 2.45) is 5.92 Å². The Morgan fingerprint density at radius 3 is 2.29 bits per heavy atom. The summed E-state index contributed by atoms with van der Waals surface area (Å²) in [5, 5.41) is 17.5. The van der Waals surface area contributed by atoms with Gasteiger partial charge < -0.3 is 15.1 Å². The van der Waals surface area contributed by atoms with E-state index in [0.717, 1.165) is 25.7 Å². The molecule has 0 aromatic rings. The third-order valence-electron chi connectivity index (χ3n) is 3.23. The van der Waals surface area contributed by atoms with Crippen molar-refractivity contribution in [3.8, 4) is 0 Å². The highest BCUT2D eigenvalue weighted by Crippen LogP contribution is 2.25. The molecule has 2 N–H and O–H groups in total. The fourth-order valence-corrected chi connectivity index (χ4v) is 2.29. The first kappa shape index (κ1) is 14.0. The average molecular weight is 243 g/mol. The maximum absolute atomic E-state index is 12.1. The smallest absolute Gasteiger partial charge is 0.305 e. The van der Waals surface area contributed by atoms with Crippen LogP contribution in [0.4, 0.5) is 0 Å². The molecule has 0 unspecified atom stereocenters. The first-order valence-electron chi connectivity index (χ1n) is 6.26.